The summed E-state index contributed by atoms with van der Waals surface area (Å²) in [7, 11) is 1.55. The number of carbonyl (C=O) groups excluding carboxylic acids is 1. The second-order valence-corrected chi connectivity index (χ2v) is 12.2. The monoisotopic (exact) mass is 574 g/mol. The van der Waals surface area contributed by atoms with Crippen LogP contribution in [0.3, 0.4) is 0 Å². The van der Waals surface area contributed by atoms with Crippen LogP contribution >= 0.6 is 27.5 Å². The van der Waals surface area contributed by atoms with Gasteiger partial charge in [-0.1, -0.05) is 46.2 Å². The normalized spacial score (nSPS) is 34.0. The molecule has 1 saturated carbocycles. The number of methoxy groups -OCH3 is 1. The molecule has 198 valence electrons. The van der Waals surface area contributed by atoms with Crippen molar-refractivity contribution in [1.82, 2.24) is 10.4 Å². The molecule has 0 radical (unpaired) electrons. The molecule has 1 saturated heterocycles. The lowest BCUT2D eigenvalue weighted by atomic mass is 9.58. The van der Waals surface area contributed by atoms with Gasteiger partial charge in [-0.15, -0.1) is 0 Å². The fourth-order valence-electron chi connectivity index (χ4n) is 5.81. The minimum Gasteiger partial charge on any atom is -0.495 e. The van der Waals surface area contributed by atoms with Gasteiger partial charge < -0.3 is 20.3 Å². The van der Waals surface area contributed by atoms with E-state index in [1.54, 1.807) is 26.2 Å². The molecule has 0 bridgehead atoms. The van der Waals surface area contributed by atoms with Gasteiger partial charge in [0, 0.05) is 22.5 Å². The van der Waals surface area contributed by atoms with Gasteiger partial charge in [-0.25, -0.2) is 0 Å². The molecule has 35 heavy (non-hydrogen) atoms. The number of nitrogens with one attached hydrogen (secondary N) is 1. The smallest absolute Gasteiger partial charge is 0.240 e. The van der Waals surface area contributed by atoms with Crippen LogP contribution in [0.5, 0.6) is 5.75 Å². The summed E-state index contributed by atoms with van der Waals surface area (Å²) in [6.07, 6.45) is -0.706. The lowest BCUT2D eigenvalue weighted by molar-refractivity contribution is -0.182. The molecule has 1 aromatic rings. The van der Waals surface area contributed by atoms with E-state index in [1.807, 2.05) is 0 Å². The van der Waals surface area contributed by atoms with Crippen LogP contribution in [0, 0.1) is 29.1 Å². The second kappa shape index (κ2) is 11.2. The van der Waals surface area contributed by atoms with Crippen molar-refractivity contribution in [2.75, 3.05) is 13.7 Å². The molecule has 2 aliphatic rings. The third-order valence-corrected chi connectivity index (χ3v) is 9.83. The van der Waals surface area contributed by atoms with Gasteiger partial charge in [-0.3, -0.25) is 9.63 Å². The number of aliphatic hydroxyl groups is 2. The number of hydroxylamine groups is 2. The molecule has 9 heteroatoms. The maximum absolute atomic E-state index is 13.8. The predicted octanol–water partition coefficient (Wildman–Crippen LogP) is 4.41. The number of benzene rings is 1. The van der Waals surface area contributed by atoms with E-state index in [-0.39, 0.29) is 30.5 Å². The average Bonchev–Trinajstić information content (AvgIpc) is 3.17. The van der Waals surface area contributed by atoms with Crippen LogP contribution < -0.4 is 10.1 Å². The van der Waals surface area contributed by atoms with E-state index >= 15 is 0 Å². The highest BCUT2D eigenvalue weighted by molar-refractivity contribution is 9.10. The largest absolute Gasteiger partial charge is 0.495 e. The fourth-order valence-corrected chi connectivity index (χ4v) is 6.55. The van der Waals surface area contributed by atoms with Gasteiger partial charge >= 0.3 is 0 Å². The van der Waals surface area contributed by atoms with E-state index in [0.29, 0.717) is 34.1 Å². The molecule has 2 fully saturated rings. The highest BCUT2D eigenvalue weighted by Gasteiger charge is 2.51. The van der Waals surface area contributed by atoms with Gasteiger partial charge in [0.25, 0.3) is 0 Å². The molecular formula is C26H40BrClN2O5. The molecule has 1 amide bonds. The van der Waals surface area contributed by atoms with Crippen LogP contribution in [0.15, 0.2) is 16.6 Å². The Hall–Kier alpha value is -0.900. The third kappa shape index (κ3) is 5.53. The molecule has 3 rings (SSSR count). The summed E-state index contributed by atoms with van der Waals surface area (Å²) >= 11 is 9.99. The van der Waals surface area contributed by atoms with Crippen LogP contribution in [0.1, 0.15) is 53.5 Å². The number of carbonyl (C=O) groups is 1. The summed E-state index contributed by atoms with van der Waals surface area (Å²) in [6, 6.07) is 2.75. The van der Waals surface area contributed by atoms with Gasteiger partial charge in [0.2, 0.25) is 5.91 Å². The number of ether oxygens (including phenoxy) is 1. The average molecular weight is 576 g/mol. The number of amides is 1. The fraction of sp³-hybridized carbons (Fsp3) is 0.731. The lowest BCUT2D eigenvalue weighted by Crippen LogP contribution is -2.56. The highest BCUT2D eigenvalue weighted by atomic mass is 79.9. The minimum absolute atomic E-state index is 0.00851. The topological polar surface area (TPSA) is 91.3 Å². The Morgan fingerprint density at radius 2 is 2.03 bits per heavy atom. The Morgan fingerprint density at radius 3 is 2.60 bits per heavy atom. The zero-order chi connectivity index (χ0) is 26.2. The number of hydrogen-bond acceptors (Lipinski definition) is 6. The van der Waals surface area contributed by atoms with Crippen molar-refractivity contribution in [2.24, 2.45) is 29.1 Å². The van der Waals surface area contributed by atoms with Crippen molar-refractivity contribution >= 4 is 33.4 Å². The van der Waals surface area contributed by atoms with Gasteiger partial charge in [0.15, 0.2) is 0 Å². The van der Waals surface area contributed by atoms with Gasteiger partial charge in [0.05, 0.1) is 30.8 Å². The van der Waals surface area contributed by atoms with Crippen LogP contribution in [0.4, 0.5) is 0 Å². The van der Waals surface area contributed by atoms with Gasteiger partial charge in [-0.2, -0.15) is 5.06 Å². The van der Waals surface area contributed by atoms with E-state index in [2.05, 4.69) is 55.9 Å². The molecule has 3 N–H and O–H groups in total. The molecule has 7 nitrogen and oxygen atoms in total. The number of halogens is 2. The first-order chi connectivity index (χ1) is 16.3. The number of hydrogen-bond donors (Lipinski definition) is 3. The van der Waals surface area contributed by atoms with E-state index in [0.717, 1.165) is 10.9 Å². The van der Waals surface area contributed by atoms with Gasteiger partial charge in [0.1, 0.15) is 17.9 Å². The molecule has 0 unspecified atom stereocenters. The van der Waals surface area contributed by atoms with Crippen molar-refractivity contribution in [2.45, 2.75) is 78.8 Å². The lowest BCUT2D eigenvalue weighted by Gasteiger charge is -2.50. The summed E-state index contributed by atoms with van der Waals surface area (Å²) in [6.45, 7) is 12.8. The molecule has 1 aliphatic carbocycles. The van der Waals surface area contributed by atoms with Crippen molar-refractivity contribution in [3.05, 3.63) is 27.2 Å². The van der Waals surface area contributed by atoms with E-state index in [4.69, 9.17) is 21.2 Å². The van der Waals surface area contributed by atoms with Crippen molar-refractivity contribution in [3.63, 3.8) is 0 Å². The molecule has 1 aliphatic heterocycles. The van der Waals surface area contributed by atoms with Crippen LogP contribution in [0.2, 0.25) is 5.02 Å². The maximum Gasteiger partial charge on any atom is 0.240 e. The number of rotatable bonds is 7. The molecule has 1 aromatic carbocycles. The minimum atomic E-state index is -0.867. The van der Waals surface area contributed by atoms with Gasteiger partial charge in [-0.05, 0) is 64.6 Å². The first kappa shape index (κ1) is 28.7. The molecule has 1 heterocycles. The van der Waals surface area contributed by atoms with Crippen LogP contribution in [-0.2, 0) is 16.2 Å². The second-order valence-electron chi connectivity index (χ2n) is 10.9. The van der Waals surface area contributed by atoms with Crippen molar-refractivity contribution in [1.29, 1.82) is 0 Å². The van der Waals surface area contributed by atoms with Crippen LogP contribution in [0.25, 0.3) is 0 Å². The van der Waals surface area contributed by atoms with E-state index < -0.39 is 24.2 Å². The molecule has 8 atom stereocenters. The summed E-state index contributed by atoms with van der Waals surface area (Å²) in [4.78, 5) is 19.9. The third-order valence-electron chi connectivity index (χ3n) is 8.86. The SMILES string of the molecule is COc1c(Br)ccc(Cl)c1CN1O[C@@H](CO)[C@@H]([C@H](C)O)[C@H]1C(=O)N[C@H]1C[C@@H](C)C(C)(C)[C@@H](C)[C@@H]1C. The summed E-state index contributed by atoms with van der Waals surface area (Å²) in [5.41, 5.74) is 0.834. The molecule has 0 spiro atoms. The number of aliphatic hydroxyl groups excluding tert-OH is 2. The highest BCUT2D eigenvalue weighted by Crippen LogP contribution is 2.47. The van der Waals surface area contributed by atoms with Crippen molar-refractivity contribution < 1.29 is 24.6 Å². The predicted molar refractivity (Wildman–Crippen MR) is 140 cm³/mol. The molecule has 0 aromatic heterocycles. The summed E-state index contributed by atoms with van der Waals surface area (Å²) < 4.78 is 6.28. The Kier molecular flexibility index (Phi) is 9.20. The molecular weight excluding hydrogens is 536 g/mol. The first-order valence-electron chi connectivity index (χ1n) is 12.4. The Labute approximate surface area is 222 Å². The summed E-state index contributed by atoms with van der Waals surface area (Å²) in [5.74, 6) is 0.883. The standard InChI is InChI=1S/C26H40BrClN2O5/c1-13-10-20(14(2)15(3)26(13,5)6)29-25(33)23-22(16(4)32)21(12-31)35-30(23)11-17-19(28)9-8-18(27)24(17)34-7/h8-9,13-16,20-23,31-32H,10-12H2,1-7H3,(H,29,33)/t13-,14+,15+,16+,20+,21+,22-,23+/m1/s1. The van der Waals surface area contributed by atoms with E-state index in [1.165, 1.54) is 5.06 Å². The van der Waals surface area contributed by atoms with Crippen LogP contribution in [-0.4, -0.2) is 59.2 Å². The zero-order valence-corrected chi connectivity index (χ0v) is 24.1. The maximum atomic E-state index is 13.8. The Morgan fingerprint density at radius 1 is 1.37 bits per heavy atom. The Bertz CT molecular complexity index is 914. The zero-order valence-electron chi connectivity index (χ0n) is 21.7. The number of nitrogens with zero attached hydrogens (tertiary/aromatic N) is 1. The summed E-state index contributed by atoms with van der Waals surface area (Å²) in [5, 5.41) is 25.9. The van der Waals surface area contributed by atoms with Crippen molar-refractivity contribution in [3.8, 4) is 5.75 Å². The quantitative estimate of drug-likeness (QED) is 0.446. The Balaban J connectivity index is 1.92. The van der Waals surface area contributed by atoms with E-state index in [9.17, 15) is 15.0 Å². The first-order valence-corrected chi connectivity index (χ1v) is 13.6.